The quantitative estimate of drug-likeness (QED) is 0.426. The van der Waals surface area contributed by atoms with Crippen LogP contribution in [0.2, 0.25) is 0 Å². The summed E-state index contributed by atoms with van der Waals surface area (Å²) in [6.07, 6.45) is 1.66. The van der Waals surface area contributed by atoms with Crippen molar-refractivity contribution in [2.45, 2.75) is 30.7 Å². The van der Waals surface area contributed by atoms with E-state index in [0.29, 0.717) is 12.0 Å². The van der Waals surface area contributed by atoms with Crippen LogP contribution >= 0.6 is 15.9 Å². The molecule has 1 aliphatic rings. The molecule has 0 radical (unpaired) electrons. The topological polar surface area (TPSA) is 29.5 Å². The lowest BCUT2D eigenvalue weighted by molar-refractivity contribution is 0.0991. The Morgan fingerprint density at radius 1 is 1.22 bits per heavy atom. The fourth-order valence-electron chi connectivity index (χ4n) is 3.30. The summed E-state index contributed by atoms with van der Waals surface area (Å²) in [5.41, 5.74) is 2.77. The van der Waals surface area contributed by atoms with E-state index in [1.165, 1.54) is 5.56 Å². The number of halogens is 2. The number of rotatable bonds is 8. The Morgan fingerprint density at radius 3 is 2.59 bits per heavy atom. The molecule has 3 rings (SSSR count). The maximum absolute atomic E-state index is 12.7. The molecule has 27 heavy (non-hydrogen) atoms. The van der Waals surface area contributed by atoms with Crippen molar-refractivity contribution in [3.63, 3.8) is 0 Å². The number of carbonyl (C=O) groups excluding carboxylic acids is 1. The molecule has 1 heterocycles. The summed E-state index contributed by atoms with van der Waals surface area (Å²) in [4.78, 5) is 14.6. The van der Waals surface area contributed by atoms with E-state index in [9.17, 15) is 9.18 Å². The highest BCUT2D eigenvalue weighted by Crippen LogP contribution is 2.28. The Bertz CT molecular complexity index is 748. The first-order valence-corrected chi connectivity index (χ1v) is 10.3. The van der Waals surface area contributed by atoms with E-state index in [0.717, 1.165) is 37.4 Å². The second-order valence-electron chi connectivity index (χ2n) is 7.03. The van der Waals surface area contributed by atoms with E-state index in [1.54, 1.807) is 0 Å². The molecule has 0 aromatic heterocycles. The molecule has 1 aliphatic heterocycles. The van der Waals surface area contributed by atoms with E-state index in [1.807, 2.05) is 55.5 Å². The molecule has 2 aromatic carbocycles. The van der Waals surface area contributed by atoms with Crippen molar-refractivity contribution in [3.05, 3.63) is 65.2 Å². The van der Waals surface area contributed by atoms with Crippen molar-refractivity contribution in [3.8, 4) is 5.75 Å². The number of alkyl halides is 2. The summed E-state index contributed by atoms with van der Waals surface area (Å²) in [6, 6.07) is 15.3. The summed E-state index contributed by atoms with van der Waals surface area (Å²) >= 11 is 3.52. The molecule has 0 bridgehead atoms. The van der Waals surface area contributed by atoms with Crippen molar-refractivity contribution < 1.29 is 13.9 Å². The molecule has 2 aromatic rings. The number of nitrogens with zero attached hydrogens (tertiary/aromatic N) is 1. The summed E-state index contributed by atoms with van der Waals surface area (Å²) in [5.74, 6) is 0.800. The Kier molecular flexibility index (Phi) is 7.02. The number of likely N-dealkylation sites (tertiary alicyclic amines) is 1. The second kappa shape index (κ2) is 9.47. The lowest BCUT2D eigenvalue weighted by atomic mass is 10.0. The van der Waals surface area contributed by atoms with Crippen molar-refractivity contribution in [1.29, 1.82) is 0 Å². The van der Waals surface area contributed by atoms with Crippen LogP contribution in [0.4, 0.5) is 4.39 Å². The van der Waals surface area contributed by atoms with Gasteiger partial charge in [0.25, 0.3) is 0 Å². The van der Waals surface area contributed by atoms with Crippen LogP contribution in [0.25, 0.3) is 0 Å². The monoisotopic (exact) mass is 433 g/mol. The number of benzene rings is 2. The van der Waals surface area contributed by atoms with Crippen LogP contribution in [0.3, 0.4) is 0 Å². The molecule has 1 saturated heterocycles. The molecule has 3 nitrogen and oxygen atoms in total. The molecule has 0 aliphatic carbocycles. The van der Waals surface area contributed by atoms with Gasteiger partial charge in [-0.1, -0.05) is 45.8 Å². The molecule has 144 valence electrons. The van der Waals surface area contributed by atoms with Gasteiger partial charge in [0.1, 0.15) is 16.7 Å². The summed E-state index contributed by atoms with van der Waals surface area (Å²) in [7, 11) is 0. The molecular formula is C22H25BrFNO2. The van der Waals surface area contributed by atoms with E-state index < -0.39 is 0 Å². The van der Waals surface area contributed by atoms with Gasteiger partial charge in [-0.15, -0.1) is 0 Å². The highest BCUT2D eigenvalue weighted by atomic mass is 79.9. The van der Waals surface area contributed by atoms with Gasteiger partial charge in [0.15, 0.2) is 5.78 Å². The SMILES string of the molecule is Cc1ccc(C(Br)C(=O)c2ccc(O[C@H]3CCN(CCCF)C3)cc2)cc1. The van der Waals surface area contributed by atoms with Gasteiger partial charge in [-0.25, -0.2) is 0 Å². The summed E-state index contributed by atoms with van der Waals surface area (Å²) in [6.45, 7) is 4.32. The Balaban J connectivity index is 1.57. The zero-order chi connectivity index (χ0) is 19.2. The zero-order valence-electron chi connectivity index (χ0n) is 15.5. The fourth-order valence-corrected chi connectivity index (χ4v) is 3.87. The highest BCUT2D eigenvalue weighted by Gasteiger charge is 2.24. The number of ketones is 1. The first kappa shape index (κ1) is 20.0. The largest absolute Gasteiger partial charge is 0.489 e. The van der Waals surface area contributed by atoms with Crippen LogP contribution in [-0.2, 0) is 0 Å². The van der Waals surface area contributed by atoms with Crippen LogP contribution in [0.15, 0.2) is 48.5 Å². The smallest absolute Gasteiger partial charge is 0.180 e. The van der Waals surface area contributed by atoms with Crippen LogP contribution in [0, 0.1) is 6.92 Å². The minimum absolute atomic E-state index is 0.0312. The van der Waals surface area contributed by atoms with E-state index in [4.69, 9.17) is 4.74 Å². The number of Topliss-reactive ketones (excluding diaryl/α,β-unsaturated/α-hetero) is 1. The van der Waals surface area contributed by atoms with Gasteiger partial charge in [-0.3, -0.25) is 14.1 Å². The fraction of sp³-hybridized carbons (Fsp3) is 0.409. The van der Waals surface area contributed by atoms with Crippen LogP contribution in [0.1, 0.15) is 39.2 Å². The van der Waals surface area contributed by atoms with Gasteiger partial charge in [0.05, 0.1) is 6.67 Å². The van der Waals surface area contributed by atoms with Gasteiger partial charge in [-0.2, -0.15) is 0 Å². The third-order valence-electron chi connectivity index (χ3n) is 4.88. The highest BCUT2D eigenvalue weighted by molar-refractivity contribution is 9.09. The average Bonchev–Trinajstić information content (AvgIpc) is 3.13. The number of ether oxygens (including phenoxy) is 1. The summed E-state index contributed by atoms with van der Waals surface area (Å²) in [5, 5.41) is 0. The molecule has 5 heteroatoms. The zero-order valence-corrected chi connectivity index (χ0v) is 17.1. The van der Waals surface area contributed by atoms with E-state index in [-0.39, 0.29) is 23.4 Å². The first-order chi connectivity index (χ1) is 13.1. The number of aryl methyl sites for hydroxylation is 1. The normalized spacial score (nSPS) is 18.4. The first-order valence-electron chi connectivity index (χ1n) is 9.36. The van der Waals surface area contributed by atoms with Crippen molar-refractivity contribution in [1.82, 2.24) is 4.90 Å². The maximum atomic E-state index is 12.7. The molecule has 0 amide bonds. The van der Waals surface area contributed by atoms with Gasteiger partial charge >= 0.3 is 0 Å². The van der Waals surface area contributed by atoms with Gasteiger partial charge in [-0.05, 0) is 49.6 Å². The lowest BCUT2D eigenvalue weighted by Gasteiger charge is -2.16. The predicted molar refractivity (Wildman–Crippen MR) is 110 cm³/mol. The Hall–Kier alpha value is -1.72. The molecule has 1 fully saturated rings. The van der Waals surface area contributed by atoms with Crippen molar-refractivity contribution in [2.24, 2.45) is 0 Å². The Morgan fingerprint density at radius 2 is 1.93 bits per heavy atom. The second-order valence-corrected chi connectivity index (χ2v) is 7.95. The molecule has 0 N–H and O–H groups in total. The molecule has 1 unspecified atom stereocenters. The van der Waals surface area contributed by atoms with Crippen LogP contribution in [0.5, 0.6) is 5.75 Å². The van der Waals surface area contributed by atoms with Gasteiger partial charge < -0.3 is 4.74 Å². The lowest BCUT2D eigenvalue weighted by Crippen LogP contribution is -2.26. The van der Waals surface area contributed by atoms with Crippen LogP contribution in [-0.4, -0.2) is 43.1 Å². The molecule has 0 saturated carbocycles. The van der Waals surface area contributed by atoms with E-state index in [2.05, 4.69) is 20.8 Å². The average molecular weight is 434 g/mol. The predicted octanol–water partition coefficient (Wildman–Crippen LogP) is 5.13. The van der Waals surface area contributed by atoms with Crippen molar-refractivity contribution >= 4 is 21.7 Å². The molecule has 0 spiro atoms. The summed E-state index contributed by atoms with van der Waals surface area (Å²) < 4.78 is 18.3. The molecular weight excluding hydrogens is 409 g/mol. The number of carbonyl (C=O) groups is 1. The minimum atomic E-state index is -0.358. The Labute approximate surface area is 168 Å². The maximum Gasteiger partial charge on any atom is 0.180 e. The van der Waals surface area contributed by atoms with Crippen molar-refractivity contribution in [2.75, 3.05) is 26.3 Å². The molecule has 2 atom stereocenters. The number of hydrogen-bond acceptors (Lipinski definition) is 3. The third-order valence-corrected chi connectivity index (χ3v) is 5.82. The van der Waals surface area contributed by atoms with E-state index >= 15 is 0 Å². The van der Waals surface area contributed by atoms with Gasteiger partial charge in [0.2, 0.25) is 0 Å². The number of hydrogen-bond donors (Lipinski definition) is 0. The standard InChI is InChI=1S/C22H25BrFNO2/c1-16-3-5-17(6-4-16)21(23)22(26)18-7-9-19(10-8-18)27-20-11-14-25(15-20)13-2-12-24/h3-10,20-21H,2,11-15H2,1H3/t20-,21?/m0/s1. The third kappa shape index (κ3) is 5.39. The van der Waals surface area contributed by atoms with Gasteiger partial charge in [0, 0.05) is 25.2 Å². The minimum Gasteiger partial charge on any atom is -0.489 e. The van der Waals surface area contributed by atoms with Crippen LogP contribution < -0.4 is 4.74 Å².